The van der Waals surface area contributed by atoms with Gasteiger partial charge < -0.3 is 20.1 Å². The molecule has 0 fully saturated rings. The van der Waals surface area contributed by atoms with Crippen molar-refractivity contribution >= 4 is 53.1 Å². The maximum atomic E-state index is 13.1. The number of benzene rings is 2. The number of carbonyl (C=O) groups is 1. The number of carbonyl (C=O) groups excluding carboxylic acids is 1. The molecule has 1 aliphatic rings. The summed E-state index contributed by atoms with van der Waals surface area (Å²) >= 11 is 6.31. The van der Waals surface area contributed by atoms with Crippen LogP contribution in [0.25, 0.3) is 0 Å². The van der Waals surface area contributed by atoms with E-state index < -0.39 is 24.6 Å². The first-order valence-electron chi connectivity index (χ1n) is 11.4. The first-order valence-corrected chi connectivity index (χ1v) is 14.3. The maximum Gasteiger partial charge on any atom is 0.471 e. The number of fused-ring (bicyclic) bond motifs is 1. The molecule has 0 atom stereocenters. The average Bonchev–Trinajstić information content (AvgIpc) is 2.79. The molecule has 1 aromatic heterocycles. The van der Waals surface area contributed by atoms with Crippen molar-refractivity contribution in [3.05, 3.63) is 64.8 Å². The molecule has 2 aromatic carbocycles. The molecular formula is C25H26ClF3N5O2P. The summed E-state index contributed by atoms with van der Waals surface area (Å²) in [6.45, 7) is 6.75. The lowest BCUT2D eigenvalue weighted by atomic mass is 9.78. The fraction of sp³-hybridized carbons (Fsp3) is 0.320. The molecule has 0 saturated heterocycles. The zero-order chi connectivity index (χ0) is 27.2. The van der Waals surface area contributed by atoms with Crippen LogP contribution in [0.1, 0.15) is 25.0 Å². The highest BCUT2D eigenvalue weighted by Gasteiger charge is 2.46. The Kier molecular flexibility index (Phi) is 7.03. The van der Waals surface area contributed by atoms with Crippen LogP contribution in [0.2, 0.25) is 5.02 Å². The molecule has 0 aliphatic carbocycles. The van der Waals surface area contributed by atoms with Gasteiger partial charge in [-0.05, 0) is 48.7 Å². The number of hydrogen-bond acceptors (Lipinski definition) is 6. The third kappa shape index (κ3) is 5.91. The van der Waals surface area contributed by atoms with Gasteiger partial charge in [0, 0.05) is 29.5 Å². The molecular weight excluding hydrogens is 526 g/mol. The van der Waals surface area contributed by atoms with Crippen molar-refractivity contribution in [1.82, 2.24) is 14.9 Å². The summed E-state index contributed by atoms with van der Waals surface area (Å²) in [5.41, 5.74) is 1.95. The predicted octanol–water partition coefficient (Wildman–Crippen LogP) is 6.05. The van der Waals surface area contributed by atoms with Crippen LogP contribution in [0, 0.1) is 0 Å². The highest BCUT2D eigenvalue weighted by Crippen LogP contribution is 2.39. The molecule has 4 rings (SSSR count). The SMILES string of the molecule is CC1(C)CN(C(=O)C(F)(F)F)Cc2cc(Nc3ncc(Cl)c(Nc4ccccc4P(C)(C)=O)n3)ccc21. The van der Waals surface area contributed by atoms with Crippen LogP contribution in [0.3, 0.4) is 0 Å². The summed E-state index contributed by atoms with van der Waals surface area (Å²) in [4.78, 5) is 21.4. The quantitative estimate of drug-likeness (QED) is 0.376. The summed E-state index contributed by atoms with van der Waals surface area (Å²) in [7, 11) is -2.58. The number of nitrogens with zero attached hydrogens (tertiary/aromatic N) is 3. The van der Waals surface area contributed by atoms with E-state index in [1.165, 1.54) is 6.20 Å². The molecule has 1 aliphatic heterocycles. The van der Waals surface area contributed by atoms with E-state index in [1.807, 2.05) is 6.07 Å². The van der Waals surface area contributed by atoms with Gasteiger partial charge in [-0.3, -0.25) is 4.79 Å². The van der Waals surface area contributed by atoms with Crippen LogP contribution in [0.4, 0.5) is 36.3 Å². The molecule has 37 heavy (non-hydrogen) atoms. The summed E-state index contributed by atoms with van der Waals surface area (Å²) in [5, 5.41) is 7.07. The van der Waals surface area contributed by atoms with Gasteiger partial charge in [-0.25, -0.2) is 4.98 Å². The Morgan fingerprint density at radius 1 is 1.14 bits per heavy atom. The van der Waals surface area contributed by atoms with Gasteiger partial charge in [-0.15, -0.1) is 0 Å². The fourth-order valence-electron chi connectivity index (χ4n) is 4.43. The van der Waals surface area contributed by atoms with Gasteiger partial charge in [-0.1, -0.05) is 43.6 Å². The number of amides is 1. The van der Waals surface area contributed by atoms with E-state index in [-0.39, 0.29) is 24.1 Å². The summed E-state index contributed by atoms with van der Waals surface area (Å²) in [6.07, 6.45) is -3.53. The van der Waals surface area contributed by atoms with E-state index in [9.17, 15) is 22.5 Å². The Balaban J connectivity index is 1.61. The zero-order valence-electron chi connectivity index (χ0n) is 20.7. The number of nitrogens with one attached hydrogen (secondary N) is 2. The maximum absolute atomic E-state index is 13.1. The van der Waals surface area contributed by atoms with Crippen LogP contribution < -0.4 is 15.9 Å². The second-order valence-electron chi connectivity index (χ2n) is 9.92. The molecule has 2 N–H and O–H groups in total. The van der Waals surface area contributed by atoms with Crippen molar-refractivity contribution in [3.8, 4) is 0 Å². The minimum atomic E-state index is -4.94. The summed E-state index contributed by atoms with van der Waals surface area (Å²) < 4.78 is 52.0. The van der Waals surface area contributed by atoms with Gasteiger partial charge in [0.1, 0.15) is 12.2 Å². The van der Waals surface area contributed by atoms with Crippen molar-refractivity contribution in [2.75, 3.05) is 30.5 Å². The van der Waals surface area contributed by atoms with Crippen molar-refractivity contribution < 1.29 is 22.5 Å². The van der Waals surface area contributed by atoms with Gasteiger partial charge in [0.2, 0.25) is 5.95 Å². The minimum absolute atomic E-state index is 0.0373. The normalized spacial score (nSPS) is 15.2. The van der Waals surface area contributed by atoms with Crippen LogP contribution in [0.5, 0.6) is 0 Å². The van der Waals surface area contributed by atoms with E-state index in [4.69, 9.17) is 11.6 Å². The Bertz CT molecular complexity index is 1410. The number of rotatable bonds is 5. The van der Waals surface area contributed by atoms with Gasteiger partial charge in [0.15, 0.2) is 5.82 Å². The lowest BCUT2D eigenvalue weighted by Gasteiger charge is -2.40. The van der Waals surface area contributed by atoms with Crippen molar-refractivity contribution in [2.45, 2.75) is 32.0 Å². The highest BCUT2D eigenvalue weighted by atomic mass is 35.5. The number of anilines is 4. The van der Waals surface area contributed by atoms with Gasteiger partial charge >= 0.3 is 12.1 Å². The minimum Gasteiger partial charge on any atom is -0.338 e. The smallest absolute Gasteiger partial charge is 0.338 e. The lowest BCUT2D eigenvalue weighted by molar-refractivity contribution is -0.187. The molecule has 0 spiro atoms. The second kappa shape index (κ2) is 9.65. The summed E-state index contributed by atoms with van der Waals surface area (Å²) in [6, 6.07) is 12.5. The average molecular weight is 552 g/mol. The van der Waals surface area contributed by atoms with Crippen LogP contribution in [-0.2, 0) is 21.3 Å². The molecule has 0 unspecified atom stereocenters. The first kappa shape index (κ1) is 26.9. The predicted molar refractivity (Wildman–Crippen MR) is 140 cm³/mol. The highest BCUT2D eigenvalue weighted by molar-refractivity contribution is 7.70. The van der Waals surface area contributed by atoms with E-state index in [0.29, 0.717) is 28.1 Å². The fourth-order valence-corrected chi connectivity index (χ4v) is 5.72. The number of halogens is 4. The molecule has 12 heteroatoms. The number of alkyl halides is 3. The topological polar surface area (TPSA) is 87.2 Å². The first-order chi connectivity index (χ1) is 17.1. The van der Waals surface area contributed by atoms with Crippen molar-refractivity contribution in [3.63, 3.8) is 0 Å². The van der Waals surface area contributed by atoms with Gasteiger partial charge in [-0.2, -0.15) is 18.2 Å². The summed E-state index contributed by atoms with van der Waals surface area (Å²) in [5.74, 6) is -1.37. The molecule has 0 saturated carbocycles. The number of aromatic nitrogens is 2. The Morgan fingerprint density at radius 3 is 2.51 bits per heavy atom. The number of para-hydroxylation sites is 1. The van der Waals surface area contributed by atoms with E-state index >= 15 is 0 Å². The van der Waals surface area contributed by atoms with Gasteiger partial charge in [0.25, 0.3) is 0 Å². The van der Waals surface area contributed by atoms with Gasteiger partial charge in [0.05, 0.1) is 11.9 Å². The molecule has 3 aromatic rings. The molecule has 7 nitrogen and oxygen atoms in total. The third-order valence-electron chi connectivity index (χ3n) is 6.05. The largest absolute Gasteiger partial charge is 0.471 e. The molecule has 0 radical (unpaired) electrons. The standard InChI is InChI=1S/C25H26ClF3N5O2P/c1-24(2)14-34(22(35)25(27,28)29)13-15-11-16(9-10-17(15)24)31-23-30-12-18(26)21(33-23)32-19-7-5-6-8-20(19)37(3,4)36/h5-12H,13-14H2,1-4H3,(H2,30,31,32,33). The lowest BCUT2D eigenvalue weighted by Crippen LogP contribution is -2.49. The monoisotopic (exact) mass is 551 g/mol. The van der Waals surface area contributed by atoms with E-state index in [2.05, 4.69) is 20.6 Å². The van der Waals surface area contributed by atoms with Crippen LogP contribution >= 0.6 is 18.7 Å². The molecule has 2 heterocycles. The van der Waals surface area contributed by atoms with Crippen LogP contribution in [0.15, 0.2) is 48.7 Å². The Labute approximate surface area is 217 Å². The van der Waals surface area contributed by atoms with E-state index in [0.717, 1.165) is 10.5 Å². The van der Waals surface area contributed by atoms with E-state index in [1.54, 1.807) is 63.6 Å². The molecule has 0 bridgehead atoms. The number of hydrogen-bond donors (Lipinski definition) is 2. The van der Waals surface area contributed by atoms with Crippen LogP contribution in [-0.4, -0.2) is 46.8 Å². The second-order valence-corrected chi connectivity index (χ2v) is 13.5. The van der Waals surface area contributed by atoms with Crippen molar-refractivity contribution in [1.29, 1.82) is 0 Å². The zero-order valence-corrected chi connectivity index (χ0v) is 22.3. The Morgan fingerprint density at radius 2 is 1.84 bits per heavy atom. The third-order valence-corrected chi connectivity index (χ3v) is 7.88. The van der Waals surface area contributed by atoms with Crippen molar-refractivity contribution in [2.24, 2.45) is 0 Å². The molecule has 1 amide bonds. The molecule has 196 valence electrons. The Hall–Kier alpha value is -3.10.